The summed E-state index contributed by atoms with van der Waals surface area (Å²) in [5.41, 5.74) is 3.43. The molecule has 0 aliphatic heterocycles. The highest BCUT2D eigenvalue weighted by molar-refractivity contribution is 9.08. The fraction of sp³-hybridized carbons (Fsp3) is 0.429. The van der Waals surface area contributed by atoms with Gasteiger partial charge in [0.25, 0.3) is 0 Å². The van der Waals surface area contributed by atoms with Crippen molar-refractivity contribution in [3.63, 3.8) is 0 Å². The molecule has 0 spiro atoms. The standard InChI is InChI=1S/C21H26BrFO2/c1-6-21(2,3)20(25-5)18-11-14(13-22)7-9-16(18)17-12-15(24-4)8-10-19(17)23/h7-12,20H,6,13H2,1-5H3/t20-/m1/s1. The van der Waals surface area contributed by atoms with E-state index < -0.39 is 0 Å². The lowest BCUT2D eigenvalue weighted by atomic mass is 9.77. The van der Waals surface area contributed by atoms with E-state index in [1.54, 1.807) is 26.4 Å². The van der Waals surface area contributed by atoms with Crippen molar-refractivity contribution in [3.05, 3.63) is 53.3 Å². The zero-order valence-corrected chi connectivity index (χ0v) is 17.1. The van der Waals surface area contributed by atoms with Crippen LogP contribution >= 0.6 is 15.9 Å². The summed E-state index contributed by atoms with van der Waals surface area (Å²) < 4.78 is 25.8. The number of methoxy groups -OCH3 is 2. The van der Waals surface area contributed by atoms with Crippen LogP contribution in [0, 0.1) is 11.2 Å². The number of hydrogen-bond donors (Lipinski definition) is 0. The molecule has 0 aliphatic rings. The third-order valence-electron chi connectivity index (χ3n) is 4.87. The fourth-order valence-electron chi connectivity index (χ4n) is 3.05. The first-order chi connectivity index (χ1) is 11.9. The molecule has 25 heavy (non-hydrogen) atoms. The Kier molecular flexibility index (Phi) is 6.64. The van der Waals surface area contributed by atoms with Gasteiger partial charge in [-0.3, -0.25) is 0 Å². The van der Waals surface area contributed by atoms with Crippen molar-refractivity contribution in [2.24, 2.45) is 5.41 Å². The average Bonchev–Trinajstić information content (AvgIpc) is 2.62. The highest BCUT2D eigenvalue weighted by atomic mass is 79.9. The van der Waals surface area contributed by atoms with Crippen LogP contribution in [-0.2, 0) is 10.1 Å². The predicted octanol–water partition coefficient (Wildman–Crippen LogP) is 6.52. The minimum absolute atomic E-state index is 0.0796. The van der Waals surface area contributed by atoms with Gasteiger partial charge in [-0.15, -0.1) is 0 Å². The van der Waals surface area contributed by atoms with Crippen molar-refractivity contribution in [2.75, 3.05) is 14.2 Å². The Morgan fingerprint density at radius 3 is 2.36 bits per heavy atom. The maximum Gasteiger partial charge on any atom is 0.131 e. The van der Waals surface area contributed by atoms with E-state index in [0.29, 0.717) is 11.3 Å². The van der Waals surface area contributed by atoms with Gasteiger partial charge in [0.15, 0.2) is 0 Å². The molecule has 0 fully saturated rings. The second-order valence-electron chi connectivity index (χ2n) is 6.86. The third-order valence-corrected chi connectivity index (χ3v) is 5.52. The zero-order valence-electron chi connectivity index (χ0n) is 15.5. The summed E-state index contributed by atoms with van der Waals surface area (Å²) in [5, 5.41) is 0.740. The quantitative estimate of drug-likeness (QED) is 0.485. The molecule has 2 nitrogen and oxygen atoms in total. The van der Waals surface area contributed by atoms with E-state index in [4.69, 9.17) is 9.47 Å². The van der Waals surface area contributed by atoms with Gasteiger partial charge in [-0.25, -0.2) is 4.39 Å². The van der Waals surface area contributed by atoms with Crippen molar-refractivity contribution in [2.45, 2.75) is 38.6 Å². The van der Waals surface area contributed by atoms with Crippen LogP contribution in [0.1, 0.15) is 44.4 Å². The van der Waals surface area contributed by atoms with Gasteiger partial charge in [-0.1, -0.05) is 54.9 Å². The third kappa shape index (κ3) is 4.24. The Balaban J connectivity index is 2.71. The molecule has 0 aliphatic carbocycles. The van der Waals surface area contributed by atoms with Gasteiger partial charge in [0.05, 0.1) is 13.2 Å². The molecule has 4 heteroatoms. The van der Waals surface area contributed by atoms with Gasteiger partial charge in [-0.2, -0.15) is 0 Å². The molecule has 2 aromatic carbocycles. The van der Waals surface area contributed by atoms with Gasteiger partial charge in [0, 0.05) is 18.0 Å². The van der Waals surface area contributed by atoms with Gasteiger partial charge >= 0.3 is 0 Å². The number of hydrogen-bond acceptors (Lipinski definition) is 2. The molecule has 2 aromatic rings. The SMILES string of the molecule is CCC(C)(C)[C@H](OC)c1cc(CBr)ccc1-c1cc(OC)ccc1F. The smallest absolute Gasteiger partial charge is 0.131 e. The Bertz CT molecular complexity index is 728. The second kappa shape index (κ2) is 8.33. The van der Waals surface area contributed by atoms with Crippen molar-refractivity contribution in [1.29, 1.82) is 0 Å². The Hall–Kier alpha value is -1.39. The lowest BCUT2D eigenvalue weighted by molar-refractivity contribution is 0.00328. The Morgan fingerprint density at radius 2 is 1.80 bits per heavy atom. The normalized spacial score (nSPS) is 12.9. The molecule has 0 saturated heterocycles. The van der Waals surface area contributed by atoms with Crippen LogP contribution < -0.4 is 4.74 Å². The molecule has 0 saturated carbocycles. The van der Waals surface area contributed by atoms with E-state index in [-0.39, 0.29) is 17.3 Å². The van der Waals surface area contributed by atoms with Crippen LogP contribution in [0.3, 0.4) is 0 Å². The van der Waals surface area contributed by atoms with Crippen molar-refractivity contribution in [3.8, 4) is 16.9 Å². The molecule has 136 valence electrons. The maximum atomic E-state index is 14.6. The molecular weight excluding hydrogens is 383 g/mol. The van der Waals surface area contributed by atoms with Gasteiger partial charge in [0.2, 0.25) is 0 Å². The average molecular weight is 409 g/mol. The van der Waals surface area contributed by atoms with Gasteiger partial charge in [0.1, 0.15) is 11.6 Å². The van der Waals surface area contributed by atoms with Gasteiger partial charge < -0.3 is 9.47 Å². The molecular formula is C21H26BrFO2. The van der Waals surface area contributed by atoms with E-state index >= 15 is 0 Å². The minimum atomic E-state index is -0.266. The topological polar surface area (TPSA) is 18.5 Å². The van der Waals surface area contributed by atoms with Crippen molar-refractivity contribution < 1.29 is 13.9 Å². The highest BCUT2D eigenvalue weighted by Crippen LogP contribution is 2.44. The van der Waals surface area contributed by atoms with E-state index in [1.165, 1.54) is 6.07 Å². The van der Waals surface area contributed by atoms with Crippen molar-refractivity contribution in [1.82, 2.24) is 0 Å². The van der Waals surface area contributed by atoms with Crippen LogP contribution in [0.4, 0.5) is 4.39 Å². The largest absolute Gasteiger partial charge is 0.497 e. The van der Waals surface area contributed by atoms with Crippen LogP contribution in [0.2, 0.25) is 0 Å². The van der Waals surface area contributed by atoms with Crippen LogP contribution in [0.5, 0.6) is 5.75 Å². The summed E-state index contributed by atoms with van der Waals surface area (Å²) in [5.74, 6) is 0.369. The summed E-state index contributed by atoms with van der Waals surface area (Å²) in [6.07, 6.45) is 0.807. The maximum absolute atomic E-state index is 14.6. The molecule has 0 radical (unpaired) electrons. The first-order valence-electron chi connectivity index (χ1n) is 8.43. The zero-order chi connectivity index (χ0) is 18.6. The number of ether oxygens (including phenoxy) is 2. The first-order valence-corrected chi connectivity index (χ1v) is 9.55. The second-order valence-corrected chi connectivity index (χ2v) is 7.42. The van der Waals surface area contributed by atoms with Crippen LogP contribution in [0.25, 0.3) is 11.1 Å². The van der Waals surface area contributed by atoms with E-state index in [1.807, 2.05) is 12.1 Å². The number of benzene rings is 2. The monoisotopic (exact) mass is 408 g/mol. The van der Waals surface area contributed by atoms with E-state index in [9.17, 15) is 4.39 Å². The summed E-state index contributed by atoms with van der Waals surface area (Å²) in [4.78, 5) is 0. The molecule has 0 unspecified atom stereocenters. The lowest BCUT2D eigenvalue weighted by Gasteiger charge is -2.34. The Morgan fingerprint density at radius 1 is 1.08 bits per heavy atom. The first kappa shape index (κ1) is 19.9. The predicted molar refractivity (Wildman–Crippen MR) is 105 cm³/mol. The molecule has 0 amide bonds. The highest BCUT2D eigenvalue weighted by Gasteiger charge is 2.31. The summed E-state index contributed by atoms with van der Waals surface area (Å²) in [6.45, 7) is 6.49. The van der Waals surface area contributed by atoms with E-state index in [0.717, 1.165) is 28.4 Å². The summed E-state index contributed by atoms with van der Waals surface area (Å²) in [7, 11) is 3.30. The molecule has 0 N–H and O–H groups in total. The minimum Gasteiger partial charge on any atom is -0.497 e. The van der Waals surface area contributed by atoms with Gasteiger partial charge in [-0.05, 0) is 46.7 Å². The fourth-order valence-corrected chi connectivity index (χ4v) is 3.40. The molecule has 0 heterocycles. The molecule has 0 bridgehead atoms. The summed E-state index contributed by atoms with van der Waals surface area (Å²) in [6, 6.07) is 10.9. The number of rotatable bonds is 7. The van der Waals surface area contributed by atoms with Crippen molar-refractivity contribution >= 4 is 15.9 Å². The summed E-state index contributed by atoms with van der Waals surface area (Å²) >= 11 is 3.51. The Labute approximate surface area is 158 Å². The van der Waals surface area contributed by atoms with Crippen LogP contribution in [-0.4, -0.2) is 14.2 Å². The number of halogens is 2. The molecule has 0 aromatic heterocycles. The van der Waals surface area contributed by atoms with Crippen LogP contribution in [0.15, 0.2) is 36.4 Å². The molecule has 1 atom stereocenters. The lowest BCUT2D eigenvalue weighted by Crippen LogP contribution is -2.23. The molecule has 2 rings (SSSR count). The number of alkyl halides is 1. The van der Waals surface area contributed by atoms with E-state index in [2.05, 4.69) is 42.8 Å².